The zero-order valence-corrected chi connectivity index (χ0v) is 18.6. The van der Waals surface area contributed by atoms with E-state index in [0.29, 0.717) is 5.75 Å². The van der Waals surface area contributed by atoms with E-state index in [1.54, 1.807) is 38.2 Å². The molecule has 1 saturated heterocycles. The summed E-state index contributed by atoms with van der Waals surface area (Å²) < 4.78 is 6.95. The highest BCUT2D eigenvalue weighted by Gasteiger charge is 2.20. The Labute approximate surface area is 185 Å². The van der Waals surface area contributed by atoms with Gasteiger partial charge in [0, 0.05) is 71.3 Å². The zero-order valence-electron chi connectivity index (χ0n) is 19.6. The molecule has 166 valence electrons. The van der Waals surface area contributed by atoms with Crippen LogP contribution in [-0.4, -0.2) is 82.3 Å². The van der Waals surface area contributed by atoms with Gasteiger partial charge in [-0.15, -0.1) is 0 Å². The molecule has 31 heavy (non-hydrogen) atoms. The van der Waals surface area contributed by atoms with E-state index < -0.39 is 0 Å². The summed E-state index contributed by atoms with van der Waals surface area (Å²) in [6, 6.07) is 15.4. The lowest BCUT2D eigenvalue weighted by Crippen LogP contribution is -2.46. The van der Waals surface area contributed by atoms with E-state index >= 15 is 0 Å². The van der Waals surface area contributed by atoms with Gasteiger partial charge in [0.25, 0.3) is 1.43 Å². The predicted octanol–water partition coefficient (Wildman–Crippen LogP) is 2.64. The Bertz CT molecular complexity index is 914. The van der Waals surface area contributed by atoms with Gasteiger partial charge in [0.05, 0.1) is 6.67 Å². The van der Waals surface area contributed by atoms with Gasteiger partial charge in [0.2, 0.25) is 5.91 Å². The smallest absolute Gasteiger partial charge is 0.325 e. The first kappa shape index (κ1) is 20.8. The van der Waals surface area contributed by atoms with Crippen LogP contribution in [-0.2, 0) is 4.79 Å². The van der Waals surface area contributed by atoms with Crippen molar-refractivity contribution in [3.05, 3.63) is 48.5 Å². The van der Waals surface area contributed by atoms with Crippen molar-refractivity contribution < 1.29 is 14.7 Å². The average Bonchev–Trinajstić information content (AvgIpc) is 2.83. The number of rotatable bonds is 6. The summed E-state index contributed by atoms with van der Waals surface area (Å²) in [5.74, 6) is 0.448. The van der Waals surface area contributed by atoms with E-state index in [4.69, 9.17) is 1.43 Å². The Hall–Kier alpha value is -3.42. The molecule has 0 radical (unpaired) electrons. The van der Waals surface area contributed by atoms with Crippen LogP contribution in [0.5, 0.6) is 5.75 Å². The van der Waals surface area contributed by atoms with Crippen LogP contribution < -0.4 is 14.7 Å². The van der Waals surface area contributed by atoms with Crippen LogP contribution in [0.1, 0.15) is 6.92 Å². The Morgan fingerprint density at radius 3 is 1.81 bits per heavy atom. The number of amides is 3. The van der Waals surface area contributed by atoms with Crippen LogP contribution in [0.25, 0.3) is 0 Å². The van der Waals surface area contributed by atoms with Gasteiger partial charge < -0.3 is 24.7 Å². The van der Waals surface area contributed by atoms with Crippen LogP contribution in [0, 0.1) is 0 Å². The number of carbonyl (C=O) groups is 2. The predicted molar refractivity (Wildman–Crippen MR) is 124 cm³/mol. The summed E-state index contributed by atoms with van der Waals surface area (Å²) in [6.45, 7) is 5.30. The number of nitrogens with zero attached hydrogens (tertiary/aromatic N) is 5. The third-order valence-electron chi connectivity index (χ3n) is 5.66. The van der Waals surface area contributed by atoms with Crippen LogP contribution in [0.3, 0.4) is 0 Å². The third kappa shape index (κ3) is 5.39. The maximum absolute atomic E-state index is 12.7. The molecular formula is C23H31N5O3. The van der Waals surface area contributed by atoms with Gasteiger partial charge in [-0.25, -0.2) is 4.79 Å². The molecule has 0 aliphatic carbocycles. The fourth-order valence-corrected chi connectivity index (χ4v) is 3.61. The first-order valence-corrected chi connectivity index (χ1v) is 10.3. The molecule has 1 aliphatic heterocycles. The molecule has 0 bridgehead atoms. The summed E-state index contributed by atoms with van der Waals surface area (Å²) in [4.78, 5) is 33.3. The van der Waals surface area contributed by atoms with Crippen molar-refractivity contribution in [3.8, 4) is 5.75 Å². The minimum absolute atomic E-state index is 0.0874. The first-order valence-electron chi connectivity index (χ1n) is 10.7. The van der Waals surface area contributed by atoms with Gasteiger partial charge in [-0.3, -0.25) is 9.69 Å². The Balaban J connectivity index is 1.56. The van der Waals surface area contributed by atoms with Gasteiger partial charge in [0.1, 0.15) is 5.75 Å². The maximum Gasteiger partial charge on any atom is 0.325 e. The molecule has 1 fully saturated rings. The molecule has 0 spiro atoms. The maximum atomic E-state index is 12.7. The van der Waals surface area contributed by atoms with Crippen molar-refractivity contribution in [2.75, 3.05) is 68.7 Å². The van der Waals surface area contributed by atoms with E-state index in [1.807, 2.05) is 36.4 Å². The lowest BCUT2D eigenvalue weighted by Gasteiger charge is -2.37. The van der Waals surface area contributed by atoms with E-state index in [-0.39, 0.29) is 18.6 Å². The molecule has 2 aromatic rings. The molecule has 0 unspecified atom stereocenters. The number of phenols is 1. The monoisotopic (exact) mass is 426 g/mol. The molecule has 8 nitrogen and oxygen atoms in total. The average molecular weight is 427 g/mol. The summed E-state index contributed by atoms with van der Waals surface area (Å²) in [5, 5.41) is 4.49. The highest BCUT2D eigenvalue weighted by molar-refractivity contribution is 5.91. The number of anilines is 3. The molecular weight excluding hydrogens is 394 g/mol. The Kier molecular flexibility index (Phi) is 6.45. The summed E-state index contributed by atoms with van der Waals surface area (Å²) in [6.07, 6.45) is 0. The number of urea groups is 1. The van der Waals surface area contributed by atoms with Gasteiger partial charge in [-0.05, 0) is 48.5 Å². The minimum Gasteiger partial charge on any atom is -0.508 e. The number of hydrogen-bond donors (Lipinski definition) is 1. The highest BCUT2D eigenvalue weighted by Crippen LogP contribution is 2.24. The van der Waals surface area contributed by atoms with Crippen molar-refractivity contribution >= 4 is 29.0 Å². The van der Waals surface area contributed by atoms with Crippen LogP contribution in [0.2, 0.25) is 0 Å². The molecule has 8 heteroatoms. The van der Waals surface area contributed by atoms with Crippen molar-refractivity contribution in [2.45, 2.75) is 6.92 Å². The van der Waals surface area contributed by atoms with Crippen LogP contribution >= 0.6 is 0 Å². The van der Waals surface area contributed by atoms with Crippen molar-refractivity contribution in [1.82, 2.24) is 9.80 Å². The number of aromatic hydroxyl groups is 1. The Morgan fingerprint density at radius 1 is 0.871 bits per heavy atom. The highest BCUT2D eigenvalue weighted by atomic mass is 16.3. The van der Waals surface area contributed by atoms with Crippen LogP contribution in [0.4, 0.5) is 21.9 Å². The third-order valence-corrected chi connectivity index (χ3v) is 5.66. The van der Waals surface area contributed by atoms with Crippen LogP contribution in [0.15, 0.2) is 48.5 Å². The molecule has 3 rings (SSSR count). The van der Waals surface area contributed by atoms with Gasteiger partial charge in [0.15, 0.2) is 0 Å². The quantitative estimate of drug-likeness (QED) is 0.719. The second-order valence-electron chi connectivity index (χ2n) is 7.88. The molecule has 3 amide bonds. The second kappa shape index (κ2) is 9.59. The number of carbonyl (C=O) groups excluding carboxylic acids is 2. The molecule has 0 saturated carbocycles. The number of hydrogen-bond acceptors (Lipinski definition) is 5. The normalized spacial score (nSPS) is 14.0. The summed E-state index contributed by atoms with van der Waals surface area (Å²) in [5.41, 5.74) is 3.05. The minimum atomic E-state index is -0.179. The molecule has 0 atom stereocenters. The summed E-state index contributed by atoms with van der Waals surface area (Å²) in [7, 11) is 5.08. The second-order valence-corrected chi connectivity index (χ2v) is 7.88. The number of piperazine rings is 1. The van der Waals surface area contributed by atoms with Crippen molar-refractivity contribution in [2.24, 2.45) is 0 Å². The molecule has 1 N–H and O–H groups in total. The van der Waals surface area contributed by atoms with Gasteiger partial charge in [-0.2, -0.15) is 0 Å². The number of phenolic OH excluding ortho intramolecular Hbond substituents is 1. The van der Waals surface area contributed by atoms with E-state index in [2.05, 4.69) is 14.9 Å². The Morgan fingerprint density at radius 2 is 1.35 bits per heavy atom. The fraction of sp³-hybridized carbons (Fsp3) is 0.391. The summed E-state index contributed by atoms with van der Waals surface area (Å²) >= 11 is 0. The van der Waals surface area contributed by atoms with E-state index in [1.165, 1.54) is 16.7 Å². The van der Waals surface area contributed by atoms with E-state index in [0.717, 1.165) is 43.2 Å². The van der Waals surface area contributed by atoms with Gasteiger partial charge >= 0.3 is 6.03 Å². The molecule has 2 aromatic carbocycles. The van der Waals surface area contributed by atoms with Crippen molar-refractivity contribution in [3.63, 3.8) is 0 Å². The van der Waals surface area contributed by atoms with Crippen molar-refractivity contribution in [1.29, 1.82) is 1.43 Å². The molecule has 1 heterocycles. The molecule has 1 aliphatic rings. The topological polar surface area (TPSA) is 70.6 Å². The van der Waals surface area contributed by atoms with E-state index in [9.17, 15) is 9.59 Å². The standard InChI is InChI=1S/C23H31N5O3/c1-18(29)24(2)17-25(3)23(31)26(4)19-5-7-20(8-6-19)27-13-15-28(16-14-27)21-9-11-22(30)12-10-21/h5-12,30H,13-17H2,1-4H3/i/hD. The number of benzene rings is 2. The molecule has 0 aromatic heterocycles. The SMILES string of the molecule is [2H]Oc1ccc(N2CCN(c3ccc(N(C)C(=O)N(C)CN(C)C(C)=O)cc3)CC2)cc1. The first-order chi connectivity index (χ1) is 15.3. The van der Waals surface area contributed by atoms with Gasteiger partial charge in [-0.1, -0.05) is 0 Å². The zero-order chi connectivity index (χ0) is 23.3. The lowest BCUT2D eigenvalue weighted by molar-refractivity contribution is -0.128. The fourth-order valence-electron chi connectivity index (χ4n) is 3.61. The largest absolute Gasteiger partial charge is 0.508 e. The lowest BCUT2D eigenvalue weighted by atomic mass is 10.2.